The third-order valence-corrected chi connectivity index (χ3v) is 3.68. The van der Waals surface area contributed by atoms with Gasteiger partial charge in [-0.05, 0) is 55.0 Å². The van der Waals surface area contributed by atoms with Crippen LogP contribution in [0.1, 0.15) is 16.7 Å². The van der Waals surface area contributed by atoms with Gasteiger partial charge in [-0.1, -0.05) is 0 Å². The number of fused-ring (bicyclic) bond motifs is 1. The number of rotatable bonds is 3. The number of benzene rings is 2. The van der Waals surface area contributed by atoms with Crippen LogP contribution in [0, 0.1) is 18.3 Å². The van der Waals surface area contributed by atoms with Crippen LogP contribution in [0.4, 0.5) is 16.2 Å². The van der Waals surface area contributed by atoms with Crippen molar-refractivity contribution < 1.29 is 9.53 Å². The molecule has 6 nitrogen and oxygen atoms in total. The van der Waals surface area contributed by atoms with Gasteiger partial charge in [0, 0.05) is 23.5 Å². The molecule has 1 aliphatic heterocycles. The molecule has 0 atom stereocenters. The van der Waals surface area contributed by atoms with Crippen molar-refractivity contribution in [2.24, 2.45) is 5.73 Å². The minimum atomic E-state index is -0.606. The number of nitrogens with two attached hydrogens (primary N) is 1. The number of hydrogen-bond donors (Lipinski definition) is 3. The number of nitriles is 1. The number of anilines is 2. The lowest BCUT2D eigenvalue weighted by Gasteiger charge is -2.20. The van der Waals surface area contributed by atoms with E-state index < -0.39 is 6.03 Å². The highest BCUT2D eigenvalue weighted by atomic mass is 16.5. The summed E-state index contributed by atoms with van der Waals surface area (Å²) < 4.78 is 5.99. The summed E-state index contributed by atoms with van der Waals surface area (Å²) in [5.74, 6) is 1.33. The summed E-state index contributed by atoms with van der Waals surface area (Å²) in [6.07, 6.45) is 1.92. The molecule has 0 aromatic heterocycles. The van der Waals surface area contributed by atoms with Crippen LogP contribution < -0.4 is 21.1 Å². The molecule has 1 heterocycles. The molecular formula is C18H16N4O2. The Balaban J connectivity index is 1.87. The molecule has 120 valence electrons. The summed E-state index contributed by atoms with van der Waals surface area (Å²) in [6.45, 7) is 2.51. The summed E-state index contributed by atoms with van der Waals surface area (Å²) in [4.78, 5) is 11.0. The van der Waals surface area contributed by atoms with Gasteiger partial charge in [-0.2, -0.15) is 5.26 Å². The van der Waals surface area contributed by atoms with Crippen LogP contribution in [0.5, 0.6) is 5.75 Å². The molecule has 3 rings (SSSR count). The summed E-state index contributed by atoms with van der Waals surface area (Å²) in [6, 6.07) is 12.3. The number of amides is 2. The van der Waals surface area contributed by atoms with Gasteiger partial charge in [-0.15, -0.1) is 0 Å². The van der Waals surface area contributed by atoms with Gasteiger partial charge >= 0.3 is 6.03 Å². The molecule has 0 unspecified atom stereocenters. The molecule has 1 aliphatic rings. The fourth-order valence-electron chi connectivity index (χ4n) is 2.53. The zero-order valence-corrected chi connectivity index (χ0v) is 13.1. The van der Waals surface area contributed by atoms with E-state index in [2.05, 4.69) is 16.7 Å². The topological polar surface area (TPSA) is 100 Å². The number of carbonyl (C=O) groups is 1. The highest BCUT2D eigenvalue weighted by Gasteiger charge is 2.15. The maximum absolute atomic E-state index is 11.0. The number of nitrogens with one attached hydrogen (secondary N) is 2. The Labute approximate surface area is 139 Å². The van der Waals surface area contributed by atoms with Gasteiger partial charge in [0.15, 0.2) is 0 Å². The van der Waals surface area contributed by atoms with Crippen molar-refractivity contribution in [1.82, 2.24) is 0 Å². The smallest absolute Gasteiger partial charge is 0.316 e. The summed E-state index contributed by atoms with van der Waals surface area (Å²) in [5, 5.41) is 14.9. The number of aryl methyl sites for hydroxylation is 1. The van der Waals surface area contributed by atoms with Crippen LogP contribution in [0.2, 0.25) is 0 Å². The number of primary amides is 1. The zero-order chi connectivity index (χ0) is 17.1. The van der Waals surface area contributed by atoms with Crippen molar-refractivity contribution >= 4 is 23.2 Å². The maximum atomic E-state index is 11.0. The van der Waals surface area contributed by atoms with Gasteiger partial charge < -0.3 is 21.1 Å². The fraction of sp³-hybridized carbons (Fsp3) is 0.111. The first kappa shape index (κ1) is 15.4. The molecule has 0 saturated heterocycles. The lowest BCUT2D eigenvalue weighted by Crippen LogP contribution is -2.19. The van der Waals surface area contributed by atoms with Crippen molar-refractivity contribution in [3.63, 3.8) is 0 Å². The predicted octanol–water partition coefficient (Wildman–Crippen LogP) is 3.20. The van der Waals surface area contributed by atoms with E-state index >= 15 is 0 Å². The molecule has 2 amide bonds. The largest absolute Gasteiger partial charge is 0.457 e. The first-order valence-electron chi connectivity index (χ1n) is 7.40. The van der Waals surface area contributed by atoms with Crippen molar-refractivity contribution in [2.45, 2.75) is 6.92 Å². The van der Waals surface area contributed by atoms with Crippen LogP contribution in [-0.4, -0.2) is 12.6 Å². The Hall–Kier alpha value is -3.46. The highest BCUT2D eigenvalue weighted by Crippen LogP contribution is 2.31. The molecule has 0 radical (unpaired) electrons. The van der Waals surface area contributed by atoms with Crippen LogP contribution in [-0.2, 0) is 0 Å². The van der Waals surface area contributed by atoms with E-state index in [0.29, 0.717) is 29.3 Å². The number of ether oxygens (including phenoxy) is 1. The number of carbonyl (C=O) groups excluding carboxylic acids is 1. The molecule has 2 aromatic rings. The van der Waals surface area contributed by atoms with Crippen molar-refractivity contribution in [2.75, 3.05) is 17.2 Å². The van der Waals surface area contributed by atoms with E-state index in [-0.39, 0.29) is 0 Å². The molecule has 2 aromatic carbocycles. The minimum absolute atomic E-state index is 0.573. The fourth-order valence-corrected chi connectivity index (χ4v) is 2.53. The molecule has 0 saturated carbocycles. The Morgan fingerprint density at radius 3 is 2.88 bits per heavy atom. The monoisotopic (exact) mass is 320 g/mol. The van der Waals surface area contributed by atoms with Crippen LogP contribution in [0.3, 0.4) is 0 Å². The molecule has 24 heavy (non-hydrogen) atoms. The molecule has 0 aliphatic carbocycles. The second-order valence-electron chi connectivity index (χ2n) is 5.39. The second kappa shape index (κ2) is 6.34. The highest BCUT2D eigenvalue weighted by molar-refractivity contribution is 5.88. The van der Waals surface area contributed by atoms with E-state index in [1.54, 1.807) is 24.3 Å². The quantitative estimate of drug-likeness (QED) is 0.808. The van der Waals surface area contributed by atoms with Gasteiger partial charge in [0.2, 0.25) is 0 Å². The first-order valence-corrected chi connectivity index (χ1v) is 7.40. The predicted molar refractivity (Wildman–Crippen MR) is 92.6 cm³/mol. The van der Waals surface area contributed by atoms with E-state index in [1.807, 2.05) is 25.1 Å². The van der Waals surface area contributed by atoms with Gasteiger partial charge in [0.1, 0.15) is 11.5 Å². The molecule has 0 bridgehead atoms. The van der Waals surface area contributed by atoms with Gasteiger partial charge in [-0.25, -0.2) is 4.79 Å². The molecule has 4 N–H and O–H groups in total. The number of hydrogen-bond acceptors (Lipinski definition) is 4. The molecule has 0 spiro atoms. The number of nitrogens with zero attached hydrogens (tertiary/aromatic N) is 1. The SMILES string of the molecule is Cc1cc(OC2=CCNc3ccc(C#N)cc32)ccc1NC(N)=O. The Kier molecular flexibility index (Phi) is 4.08. The van der Waals surface area contributed by atoms with Crippen LogP contribution in [0.15, 0.2) is 42.5 Å². The first-order chi connectivity index (χ1) is 11.6. The van der Waals surface area contributed by atoms with Crippen molar-refractivity contribution in [3.05, 3.63) is 59.2 Å². The molecule has 0 fully saturated rings. The van der Waals surface area contributed by atoms with E-state index in [9.17, 15) is 4.79 Å². The van der Waals surface area contributed by atoms with Crippen LogP contribution in [0.25, 0.3) is 5.76 Å². The van der Waals surface area contributed by atoms with Gasteiger partial charge in [-0.3, -0.25) is 0 Å². The normalized spacial score (nSPS) is 12.2. The van der Waals surface area contributed by atoms with Crippen molar-refractivity contribution in [1.29, 1.82) is 5.26 Å². The van der Waals surface area contributed by atoms with E-state index in [0.717, 1.165) is 16.8 Å². The van der Waals surface area contributed by atoms with Gasteiger partial charge in [0.25, 0.3) is 0 Å². The Morgan fingerprint density at radius 1 is 1.33 bits per heavy atom. The van der Waals surface area contributed by atoms with Crippen molar-refractivity contribution in [3.8, 4) is 11.8 Å². The zero-order valence-electron chi connectivity index (χ0n) is 13.1. The summed E-state index contributed by atoms with van der Waals surface area (Å²) >= 11 is 0. The van der Waals surface area contributed by atoms with Gasteiger partial charge in [0.05, 0.1) is 11.6 Å². The van der Waals surface area contributed by atoms with Crippen LogP contribution >= 0.6 is 0 Å². The third-order valence-electron chi connectivity index (χ3n) is 3.68. The lowest BCUT2D eigenvalue weighted by atomic mass is 10.0. The third kappa shape index (κ3) is 3.15. The lowest BCUT2D eigenvalue weighted by molar-refractivity contribution is 0.259. The second-order valence-corrected chi connectivity index (χ2v) is 5.39. The Morgan fingerprint density at radius 2 is 2.17 bits per heavy atom. The maximum Gasteiger partial charge on any atom is 0.316 e. The average molecular weight is 320 g/mol. The summed E-state index contributed by atoms with van der Waals surface area (Å²) in [7, 11) is 0. The minimum Gasteiger partial charge on any atom is -0.457 e. The molecule has 6 heteroatoms. The van der Waals surface area contributed by atoms with E-state index in [1.165, 1.54) is 0 Å². The average Bonchev–Trinajstić information content (AvgIpc) is 2.57. The Bertz CT molecular complexity index is 881. The standard InChI is InChI=1S/C18H16N4O2/c1-11-8-13(3-5-15(11)22-18(20)23)24-17-6-7-21-16-4-2-12(10-19)9-14(16)17/h2-6,8-9,21H,7H2,1H3,(H3,20,22,23). The molecular weight excluding hydrogens is 304 g/mol. The van der Waals surface area contributed by atoms with E-state index in [4.69, 9.17) is 15.7 Å². The number of urea groups is 1. The summed E-state index contributed by atoms with van der Waals surface area (Å²) in [5.41, 5.74) is 8.96.